The van der Waals surface area contributed by atoms with Crippen molar-refractivity contribution in [2.24, 2.45) is 0 Å². The van der Waals surface area contributed by atoms with E-state index >= 15 is 0 Å². The lowest BCUT2D eigenvalue weighted by Crippen LogP contribution is -2.49. The maximum Gasteiger partial charge on any atom is 0.290 e. The minimum Gasteiger partial charge on any atom is -0.503 e. The molecule has 1 heterocycles. The largest absolute Gasteiger partial charge is 0.503 e. The van der Waals surface area contributed by atoms with Gasteiger partial charge >= 0.3 is 0 Å². The van der Waals surface area contributed by atoms with Crippen LogP contribution in [-0.2, 0) is 9.59 Å². The summed E-state index contributed by atoms with van der Waals surface area (Å²) in [6.07, 6.45) is 1.36. The van der Waals surface area contributed by atoms with Gasteiger partial charge in [-0.25, -0.2) is 9.87 Å². The fraction of sp³-hybridized carbons (Fsp3) is 0.292. The van der Waals surface area contributed by atoms with Crippen molar-refractivity contribution in [3.63, 3.8) is 0 Å². The molecule has 2 aromatic rings. The number of rotatable bonds is 8. The van der Waals surface area contributed by atoms with Crippen LogP contribution in [-0.4, -0.2) is 38.9 Å². The number of carbonyl (C=O) groups excluding carboxylic acids is 3. The Labute approximate surface area is 185 Å². The molecule has 2 unspecified atom stereocenters. The molecule has 0 bridgehead atoms. The minimum absolute atomic E-state index is 0.0346. The molecule has 8 heteroatoms. The fourth-order valence-electron chi connectivity index (χ4n) is 3.91. The third-order valence-corrected chi connectivity index (χ3v) is 5.58. The van der Waals surface area contributed by atoms with Gasteiger partial charge in [-0.3, -0.25) is 19.6 Å². The van der Waals surface area contributed by atoms with Gasteiger partial charge in [0.15, 0.2) is 11.5 Å². The Morgan fingerprint density at radius 3 is 2.41 bits per heavy atom. The predicted octanol–water partition coefficient (Wildman–Crippen LogP) is 3.78. The molecule has 1 aliphatic rings. The summed E-state index contributed by atoms with van der Waals surface area (Å²) in [5.41, 5.74) is 2.32. The lowest BCUT2D eigenvalue weighted by molar-refractivity contribution is -0.144. The average Bonchev–Trinajstić information content (AvgIpc) is 3.04. The van der Waals surface area contributed by atoms with Gasteiger partial charge in [0.2, 0.25) is 0 Å². The molecular formula is C24H25FN2O5. The van der Waals surface area contributed by atoms with Crippen molar-refractivity contribution in [3.05, 3.63) is 82.4 Å². The zero-order valence-electron chi connectivity index (χ0n) is 17.8. The average molecular weight is 440 g/mol. The minimum atomic E-state index is -1.34. The molecule has 7 nitrogen and oxygen atoms in total. The maximum atomic E-state index is 14.9. The van der Waals surface area contributed by atoms with E-state index in [1.165, 1.54) is 24.3 Å². The second-order valence-electron chi connectivity index (χ2n) is 7.73. The van der Waals surface area contributed by atoms with E-state index in [4.69, 9.17) is 0 Å². The van der Waals surface area contributed by atoms with Crippen molar-refractivity contribution in [1.29, 1.82) is 0 Å². The molecule has 1 aliphatic heterocycles. The highest BCUT2D eigenvalue weighted by molar-refractivity contribution is 6.16. The van der Waals surface area contributed by atoms with Gasteiger partial charge in [-0.2, -0.15) is 0 Å². The van der Waals surface area contributed by atoms with Crippen molar-refractivity contribution in [2.45, 2.75) is 45.2 Å². The van der Waals surface area contributed by atoms with Crippen molar-refractivity contribution < 1.29 is 29.1 Å². The third-order valence-electron chi connectivity index (χ3n) is 5.58. The Morgan fingerprint density at radius 2 is 1.81 bits per heavy atom. The van der Waals surface area contributed by atoms with Crippen molar-refractivity contribution in [1.82, 2.24) is 10.4 Å². The second-order valence-corrected chi connectivity index (χ2v) is 7.73. The van der Waals surface area contributed by atoms with Crippen LogP contribution >= 0.6 is 0 Å². The van der Waals surface area contributed by atoms with E-state index in [2.05, 4.69) is 0 Å². The van der Waals surface area contributed by atoms with E-state index in [0.29, 0.717) is 12.8 Å². The lowest BCUT2D eigenvalue weighted by atomic mass is 9.91. The third kappa shape index (κ3) is 4.27. The van der Waals surface area contributed by atoms with Gasteiger partial charge in [0.1, 0.15) is 11.9 Å². The lowest BCUT2D eigenvalue weighted by Gasteiger charge is -2.33. The van der Waals surface area contributed by atoms with Crippen LogP contribution in [0.15, 0.2) is 59.9 Å². The van der Waals surface area contributed by atoms with Gasteiger partial charge < -0.3 is 10.0 Å². The monoisotopic (exact) mass is 440 g/mol. The first kappa shape index (κ1) is 23.1. The van der Waals surface area contributed by atoms with E-state index in [0.717, 1.165) is 10.5 Å². The first-order chi connectivity index (χ1) is 15.3. The number of ketones is 1. The quantitative estimate of drug-likeness (QED) is 0.329. The van der Waals surface area contributed by atoms with Gasteiger partial charge in [-0.1, -0.05) is 67.8 Å². The highest BCUT2D eigenvalue weighted by Gasteiger charge is 2.49. The number of hydrogen-bond acceptors (Lipinski definition) is 5. The molecule has 0 saturated heterocycles. The second kappa shape index (κ2) is 9.74. The topological polar surface area (TPSA) is 107 Å². The van der Waals surface area contributed by atoms with E-state index in [9.17, 15) is 29.1 Å². The number of amides is 2. The summed E-state index contributed by atoms with van der Waals surface area (Å²) in [5.74, 6) is -4.04. The fourth-order valence-corrected chi connectivity index (χ4v) is 3.91. The molecule has 0 aliphatic carbocycles. The summed E-state index contributed by atoms with van der Waals surface area (Å²) in [7, 11) is 0. The number of hydroxylamine groups is 1. The molecule has 32 heavy (non-hydrogen) atoms. The van der Waals surface area contributed by atoms with Gasteiger partial charge in [0.25, 0.3) is 11.8 Å². The smallest absolute Gasteiger partial charge is 0.290 e. The van der Waals surface area contributed by atoms with E-state index in [1.54, 1.807) is 29.7 Å². The number of carbonyl (C=O) groups is 3. The molecule has 0 radical (unpaired) electrons. The normalized spacial score (nSPS) is 16.9. The molecule has 168 valence electrons. The highest BCUT2D eigenvalue weighted by atomic mass is 19.1. The Hall–Kier alpha value is -3.52. The molecule has 2 aromatic carbocycles. The highest BCUT2D eigenvalue weighted by Crippen LogP contribution is 2.42. The molecule has 2 atom stereocenters. The number of hydrogen-bond donors (Lipinski definition) is 3. The van der Waals surface area contributed by atoms with E-state index in [-0.39, 0.29) is 23.1 Å². The zero-order chi connectivity index (χ0) is 23.4. The van der Waals surface area contributed by atoms with Crippen molar-refractivity contribution in [3.8, 4) is 0 Å². The molecule has 3 N–H and O–H groups in total. The maximum absolute atomic E-state index is 14.9. The van der Waals surface area contributed by atoms with Gasteiger partial charge in [-0.05, 0) is 19.4 Å². The Morgan fingerprint density at radius 1 is 1.16 bits per heavy atom. The number of nitrogens with zero attached hydrogens (tertiary/aromatic N) is 1. The van der Waals surface area contributed by atoms with Crippen LogP contribution in [0.25, 0.3) is 0 Å². The molecule has 0 fully saturated rings. The first-order valence-electron chi connectivity index (χ1n) is 10.4. The van der Waals surface area contributed by atoms with Crippen LogP contribution in [0.3, 0.4) is 0 Å². The van der Waals surface area contributed by atoms with Crippen LogP contribution < -0.4 is 5.48 Å². The number of halogens is 1. The molecule has 3 rings (SSSR count). The molecule has 0 aromatic heterocycles. The Balaban J connectivity index is 2.17. The van der Waals surface area contributed by atoms with Crippen LogP contribution in [0, 0.1) is 12.7 Å². The van der Waals surface area contributed by atoms with Crippen LogP contribution in [0.2, 0.25) is 0 Å². The number of aryl methyl sites for hydroxylation is 1. The van der Waals surface area contributed by atoms with Crippen LogP contribution in [0.1, 0.15) is 53.7 Å². The van der Waals surface area contributed by atoms with Crippen molar-refractivity contribution in [2.75, 3.05) is 0 Å². The first-order valence-corrected chi connectivity index (χ1v) is 10.4. The number of Topliss-reactive ketones (excluding diaryl/α,β-unsaturated/α-hetero) is 1. The summed E-state index contributed by atoms with van der Waals surface area (Å²) in [5, 5.41) is 20.0. The Bertz CT molecular complexity index is 1060. The number of nitrogens with one attached hydrogen (secondary N) is 1. The molecular weight excluding hydrogens is 415 g/mol. The summed E-state index contributed by atoms with van der Waals surface area (Å²) in [6.45, 7) is 3.73. The van der Waals surface area contributed by atoms with Gasteiger partial charge in [-0.15, -0.1) is 0 Å². The van der Waals surface area contributed by atoms with Crippen LogP contribution in [0.5, 0.6) is 0 Å². The van der Waals surface area contributed by atoms with Gasteiger partial charge in [0, 0.05) is 11.1 Å². The molecule has 0 spiro atoms. The number of aliphatic hydroxyl groups is 1. The molecule has 2 amide bonds. The summed E-state index contributed by atoms with van der Waals surface area (Å²) in [6, 6.07) is 9.54. The van der Waals surface area contributed by atoms with E-state index < -0.39 is 41.3 Å². The number of aliphatic hydroxyl groups excluding tert-OH is 1. The van der Waals surface area contributed by atoms with Crippen LogP contribution in [0.4, 0.5) is 4.39 Å². The van der Waals surface area contributed by atoms with E-state index in [1.807, 2.05) is 13.8 Å². The zero-order valence-corrected chi connectivity index (χ0v) is 17.8. The molecule has 0 saturated carbocycles. The van der Waals surface area contributed by atoms with Gasteiger partial charge in [0.05, 0.1) is 11.6 Å². The summed E-state index contributed by atoms with van der Waals surface area (Å²) >= 11 is 0. The standard InChI is InChI=1S/C24H25FN2O5/c1-3-4-9-18(23(30)26-32)27-20(16-7-5-6-8-17(16)25)19(22(29)24(27)31)21(28)15-12-10-14(2)11-13-15/h5-8,10-13,18,20,29,32H,3-4,9H2,1-2H3,(H,26,30). The number of benzene rings is 2. The summed E-state index contributed by atoms with van der Waals surface area (Å²) < 4.78 is 14.9. The Kier molecular flexibility index (Phi) is 7.05. The SMILES string of the molecule is CCCCC(C(=O)NO)N1C(=O)C(O)=C(C(=O)c2ccc(C)cc2)C1c1ccccc1F. The predicted molar refractivity (Wildman–Crippen MR) is 114 cm³/mol. The summed E-state index contributed by atoms with van der Waals surface area (Å²) in [4.78, 5) is 39.9. The number of unbranched alkanes of at least 4 members (excludes halogenated alkanes) is 1. The van der Waals surface area contributed by atoms with Crippen molar-refractivity contribution >= 4 is 17.6 Å².